The van der Waals surface area contributed by atoms with Gasteiger partial charge in [0.2, 0.25) is 9.84 Å². The van der Waals surface area contributed by atoms with Crippen LogP contribution in [0.4, 0.5) is 0 Å². The van der Waals surface area contributed by atoms with Crippen molar-refractivity contribution in [2.45, 2.75) is 10.8 Å². The lowest BCUT2D eigenvalue weighted by Crippen LogP contribution is -2.33. The second-order valence-corrected chi connectivity index (χ2v) is 6.24. The Kier molecular flexibility index (Phi) is 4.32. The Morgan fingerprint density at radius 1 is 1.14 bits per heavy atom. The van der Waals surface area contributed by atoms with Crippen LogP contribution in [0.5, 0.6) is 11.5 Å². The van der Waals surface area contributed by atoms with Crippen molar-refractivity contribution in [2.75, 3.05) is 14.2 Å². The highest BCUT2D eigenvalue weighted by Crippen LogP contribution is 2.27. The molecule has 0 saturated heterocycles. The molecule has 0 bridgehead atoms. The van der Waals surface area contributed by atoms with Crippen LogP contribution in [0.1, 0.15) is 5.56 Å². The molecule has 21 heavy (non-hydrogen) atoms. The highest BCUT2D eigenvalue weighted by atomic mass is 32.2. The molecule has 0 amide bonds. The van der Waals surface area contributed by atoms with Crippen LogP contribution in [0.25, 0.3) is 0 Å². The number of ether oxygens (including phenoxy) is 2. The van der Waals surface area contributed by atoms with E-state index in [2.05, 4.69) is 0 Å². The number of sulfone groups is 1. The Labute approximate surface area is 123 Å². The lowest BCUT2D eigenvalue weighted by atomic mass is 10.2. The van der Waals surface area contributed by atoms with Gasteiger partial charge >= 0.3 is 5.03 Å². The molecule has 0 N–H and O–H groups in total. The van der Waals surface area contributed by atoms with Crippen LogP contribution in [-0.2, 0) is 15.6 Å². The predicted molar refractivity (Wildman–Crippen MR) is 75.8 cm³/mol. The Morgan fingerprint density at radius 2 is 1.90 bits per heavy atom. The topological polar surface area (TPSA) is 79.5 Å². The first kappa shape index (κ1) is 15.1. The van der Waals surface area contributed by atoms with Gasteiger partial charge in [-0.2, -0.15) is 4.73 Å². The fourth-order valence-corrected chi connectivity index (χ4v) is 3.33. The minimum atomic E-state index is -3.79. The van der Waals surface area contributed by atoms with Crippen LogP contribution in [0.15, 0.2) is 47.6 Å². The van der Waals surface area contributed by atoms with Crippen molar-refractivity contribution in [2.24, 2.45) is 0 Å². The Balaban J connectivity index is 2.43. The molecule has 0 saturated carbocycles. The van der Waals surface area contributed by atoms with Crippen LogP contribution in [0, 0.1) is 5.21 Å². The van der Waals surface area contributed by atoms with Gasteiger partial charge in [0.05, 0.1) is 20.0 Å². The molecular formula is C14H15NO5S. The van der Waals surface area contributed by atoms with Crippen molar-refractivity contribution in [3.63, 3.8) is 0 Å². The van der Waals surface area contributed by atoms with Gasteiger partial charge in [0, 0.05) is 17.7 Å². The van der Waals surface area contributed by atoms with E-state index in [9.17, 15) is 13.6 Å². The van der Waals surface area contributed by atoms with Crippen LogP contribution < -0.4 is 14.2 Å². The molecule has 0 unspecified atom stereocenters. The molecule has 6 nitrogen and oxygen atoms in total. The van der Waals surface area contributed by atoms with Crippen LogP contribution in [0.2, 0.25) is 0 Å². The summed E-state index contributed by atoms with van der Waals surface area (Å²) in [6, 6.07) is 9.12. The van der Waals surface area contributed by atoms with Gasteiger partial charge in [-0.05, 0) is 24.3 Å². The summed E-state index contributed by atoms with van der Waals surface area (Å²) in [7, 11) is -0.845. The first-order chi connectivity index (χ1) is 9.97. The van der Waals surface area contributed by atoms with E-state index in [1.165, 1.54) is 32.4 Å². The van der Waals surface area contributed by atoms with Gasteiger partial charge in [-0.3, -0.25) is 0 Å². The normalized spacial score (nSPS) is 11.1. The summed E-state index contributed by atoms with van der Waals surface area (Å²) < 4.78 is 35.3. The number of benzene rings is 1. The highest BCUT2D eigenvalue weighted by Gasteiger charge is 2.25. The van der Waals surface area contributed by atoms with Gasteiger partial charge in [-0.1, -0.05) is 0 Å². The van der Waals surface area contributed by atoms with E-state index in [1.54, 1.807) is 18.2 Å². The van der Waals surface area contributed by atoms with E-state index in [0.29, 0.717) is 21.8 Å². The van der Waals surface area contributed by atoms with E-state index < -0.39 is 9.84 Å². The zero-order valence-corrected chi connectivity index (χ0v) is 12.5. The molecule has 0 fully saturated rings. The van der Waals surface area contributed by atoms with Crippen molar-refractivity contribution in [1.82, 2.24) is 0 Å². The van der Waals surface area contributed by atoms with E-state index in [4.69, 9.17) is 9.47 Å². The van der Waals surface area contributed by atoms with Crippen LogP contribution in [0.3, 0.4) is 0 Å². The van der Waals surface area contributed by atoms with Crippen molar-refractivity contribution in [1.29, 1.82) is 0 Å². The molecule has 7 heteroatoms. The van der Waals surface area contributed by atoms with Crippen molar-refractivity contribution >= 4 is 9.84 Å². The monoisotopic (exact) mass is 309 g/mol. The van der Waals surface area contributed by atoms with Crippen molar-refractivity contribution < 1.29 is 22.6 Å². The largest absolute Gasteiger partial charge is 0.618 e. The third-order valence-electron chi connectivity index (χ3n) is 2.94. The van der Waals surface area contributed by atoms with Crippen molar-refractivity contribution in [3.8, 4) is 11.5 Å². The minimum Gasteiger partial charge on any atom is -0.618 e. The lowest BCUT2D eigenvalue weighted by molar-refractivity contribution is -0.646. The second-order valence-electron chi connectivity index (χ2n) is 4.30. The number of pyridine rings is 1. The standard InChI is InChI=1S/C14H15NO5S/c1-19-12-6-7-13(20-2)11(9-12)10-21(17,18)14-5-3-4-8-15(14)16/h3-9H,10H2,1-2H3. The molecule has 0 atom stereocenters. The summed E-state index contributed by atoms with van der Waals surface area (Å²) in [6.07, 6.45) is 1.15. The molecule has 0 spiro atoms. The molecule has 112 valence electrons. The summed E-state index contributed by atoms with van der Waals surface area (Å²) in [5.41, 5.74) is 0.431. The fourth-order valence-electron chi connectivity index (χ4n) is 1.93. The SMILES string of the molecule is COc1ccc(OC)c(CS(=O)(=O)c2cccc[n+]2[O-])c1. The number of hydrogen-bond donors (Lipinski definition) is 0. The molecule has 2 rings (SSSR count). The maximum absolute atomic E-state index is 12.4. The molecule has 1 heterocycles. The molecular weight excluding hydrogens is 294 g/mol. The third kappa shape index (κ3) is 3.25. The van der Waals surface area contributed by atoms with E-state index >= 15 is 0 Å². The second kappa shape index (κ2) is 6.01. The summed E-state index contributed by atoms with van der Waals surface area (Å²) >= 11 is 0. The average molecular weight is 309 g/mol. The summed E-state index contributed by atoms with van der Waals surface area (Å²) in [4.78, 5) is 0. The Hall–Kier alpha value is -2.28. The van der Waals surface area contributed by atoms with Gasteiger partial charge in [-0.25, -0.2) is 8.42 Å². The van der Waals surface area contributed by atoms with Crippen LogP contribution in [-0.4, -0.2) is 22.6 Å². The number of hydrogen-bond acceptors (Lipinski definition) is 5. The van der Waals surface area contributed by atoms with E-state index in [-0.39, 0.29) is 10.8 Å². The minimum absolute atomic E-state index is 0.296. The molecule has 2 aromatic rings. The maximum atomic E-state index is 12.4. The van der Waals surface area contributed by atoms with Gasteiger partial charge in [0.15, 0.2) is 6.20 Å². The molecule has 0 aliphatic rings. The summed E-state index contributed by atoms with van der Waals surface area (Å²) in [6.45, 7) is 0. The molecule has 1 aromatic heterocycles. The van der Waals surface area contributed by atoms with E-state index in [1.807, 2.05) is 0 Å². The zero-order chi connectivity index (χ0) is 15.5. The fraction of sp³-hybridized carbons (Fsp3) is 0.214. The smallest absolute Gasteiger partial charge is 0.308 e. The number of aromatic nitrogens is 1. The molecule has 0 radical (unpaired) electrons. The lowest BCUT2D eigenvalue weighted by Gasteiger charge is -2.10. The predicted octanol–water partition coefficient (Wildman–Crippen LogP) is 1.31. The summed E-state index contributed by atoms with van der Waals surface area (Å²) in [5.74, 6) is 0.594. The van der Waals surface area contributed by atoms with Gasteiger partial charge in [-0.15, -0.1) is 0 Å². The quantitative estimate of drug-likeness (QED) is 0.614. The molecule has 0 aliphatic heterocycles. The zero-order valence-electron chi connectivity index (χ0n) is 11.6. The van der Waals surface area contributed by atoms with Gasteiger partial charge in [0.25, 0.3) is 0 Å². The first-order valence-corrected chi connectivity index (χ1v) is 7.75. The first-order valence-electron chi connectivity index (χ1n) is 6.10. The van der Waals surface area contributed by atoms with Gasteiger partial charge in [0.1, 0.15) is 11.5 Å². The molecule has 1 aromatic carbocycles. The Bertz CT molecular complexity index is 743. The third-order valence-corrected chi connectivity index (χ3v) is 4.58. The van der Waals surface area contributed by atoms with Crippen LogP contribution >= 0.6 is 0 Å². The van der Waals surface area contributed by atoms with Crippen molar-refractivity contribution in [3.05, 3.63) is 53.4 Å². The van der Waals surface area contributed by atoms with Gasteiger partial charge < -0.3 is 14.7 Å². The number of rotatable bonds is 5. The van der Waals surface area contributed by atoms with E-state index in [0.717, 1.165) is 6.20 Å². The summed E-state index contributed by atoms with van der Waals surface area (Å²) in [5, 5.41) is 11.3. The molecule has 0 aliphatic carbocycles. The number of methoxy groups -OCH3 is 2. The highest BCUT2D eigenvalue weighted by molar-refractivity contribution is 7.90. The Morgan fingerprint density at radius 3 is 2.52 bits per heavy atom. The number of nitrogens with zero attached hydrogens (tertiary/aromatic N) is 1. The average Bonchev–Trinajstić information content (AvgIpc) is 2.47. The maximum Gasteiger partial charge on any atom is 0.308 e.